The third-order valence-electron chi connectivity index (χ3n) is 3.05. The number of nitrogens with zero attached hydrogens (tertiary/aromatic N) is 2. The molecule has 0 fully saturated rings. The van der Waals surface area contributed by atoms with Crippen molar-refractivity contribution in [2.45, 2.75) is 13.0 Å². The summed E-state index contributed by atoms with van der Waals surface area (Å²) in [4.78, 5) is 6.47. The second-order valence-corrected chi connectivity index (χ2v) is 4.69. The van der Waals surface area contributed by atoms with Crippen LogP contribution in [0.2, 0.25) is 5.02 Å². The van der Waals surface area contributed by atoms with Crippen LogP contribution in [0.1, 0.15) is 12.0 Å². The minimum atomic E-state index is -0.0625. The standard InChI is InChI=1S/C13H17ClN2O2/c1-18-9-10-2-4-16(5-3-10)13-6-11(8-17)12(14)7-15-13/h2,6-7,17H,3-5,8-9H2,1H3. The van der Waals surface area contributed by atoms with E-state index in [1.807, 2.05) is 6.07 Å². The predicted octanol–water partition coefficient (Wildman–Crippen LogP) is 2.01. The highest BCUT2D eigenvalue weighted by Crippen LogP contribution is 2.23. The van der Waals surface area contributed by atoms with E-state index in [0.717, 1.165) is 25.3 Å². The van der Waals surface area contributed by atoms with Gasteiger partial charge in [-0.2, -0.15) is 0 Å². The topological polar surface area (TPSA) is 45.6 Å². The molecule has 1 aliphatic heterocycles. The molecule has 2 heterocycles. The molecule has 1 aromatic rings. The quantitative estimate of drug-likeness (QED) is 0.849. The number of anilines is 1. The number of rotatable bonds is 4. The Morgan fingerprint density at radius 2 is 2.39 bits per heavy atom. The number of aromatic nitrogens is 1. The molecule has 0 aliphatic carbocycles. The van der Waals surface area contributed by atoms with Gasteiger partial charge in [0, 0.05) is 32.0 Å². The van der Waals surface area contributed by atoms with Crippen LogP contribution < -0.4 is 4.90 Å². The Bertz CT molecular complexity index is 449. The average Bonchev–Trinajstić information content (AvgIpc) is 2.41. The van der Waals surface area contributed by atoms with Gasteiger partial charge in [-0.1, -0.05) is 17.7 Å². The van der Waals surface area contributed by atoms with Gasteiger partial charge >= 0.3 is 0 Å². The molecule has 0 unspecified atom stereocenters. The van der Waals surface area contributed by atoms with Gasteiger partial charge in [0.25, 0.3) is 0 Å². The summed E-state index contributed by atoms with van der Waals surface area (Å²) >= 11 is 5.93. The Morgan fingerprint density at radius 1 is 1.56 bits per heavy atom. The first kappa shape index (κ1) is 13.3. The lowest BCUT2D eigenvalue weighted by Crippen LogP contribution is -2.30. The van der Waals surface area contributed by atoms with Crippen molar-refractivity contribution in [3.63, 3.8) is 0 Å². The lowest BCUT2D eigenvalue weighted by Gasteiger charge is -2.27. The maximum absolute atomic E-state index is 9.19. The van der Waals surface area contributed by atoms with Crippen LogP contribution in [0, 0.1) is 0 Å². The summed E-state index contributed by atoms with van der Waals surface area (Å²) in [6, 6.07) is 1.84. The number of halogens is 1. The molecular formula is C13H17ClN2O2. The number of methoxy groups -OCH3 is 1. The second kappa shape index (κ2) is 6.18. The number of hydrogen-bond donors (Lipinski definition) is 1. The normalized spacial score (nSPS) is 15.7. The second-order valence-electron chi connectivity index (χ2n) is 4.28. The molecule has 0 saturated carbocycles. The number of pyridine rings is 1. The molecule has 0 amide bonds. The van der Waals surface area contributed by atoms with Crippen molar-refractivity contribution in [2.75, 3.05) is 31.7 Å². The van der Waals surface area contributed by atoms with Crippen LogP contribution in [-0.4, -0.2) is 36.9 Å². The molecule has 0 aromatic carbocycles. The van der Waals surface area contributed by atoms with Gasteiger partial charge in [0.15, 0.2) is 0 Å². The molecule has 1 N–H and O–H groups in total. The molecule has 0 bridgehead atoms. The summed E-state index contributed by atoms with van der Waals surface area (Å²) in [5, 5.41) is 9.70. The maximum Gasteiger partial charge on any atom is 0.129 e. The molecule has 5 heteroatoms. The Hall–Kier alpha value is -1.10. The van der Waals surface area contributed by atoms with Crippen molar-refractivity contribution >= 4 is 17.4 Å². The van der Waals surface area contributed by atoms with Crippen molar-refractivity contribution in [3.05, 3.63) is 34.5 Å². The Balaban J connectivity index is 2.10. The van der Waals surface area contributed by atoms with E-state index in [0.29, 0.717) is 17.2 Å². The third-order valence-corrected chi connectivity index (χ3v) is 3.39. The summed E-state index contributed by atoms with van der Waals surface area (Å²) < 4.78 is 5.12. The van der Waals surface area contributed by atoms with E-state index in [9.17, 15) is 5.11 Å². The van der Waals surface area contributed by atoms with Crippen LogP contribution in [-0.2, 0) is 11.3 Å². The number of hydrogen-bond acceptors (Lipinski definition) is 4. The van der Waals surface area contributed by atoms with Gasteiger partial charge in [0.05, 0.1) is 18.2 Å². The maximum atomic E-state index is 9.19. The summed E-state index contributed by atoms with van der Waals surface area (Å²) in [6.45, 7) is 2.36. The number of aliphatic hydroxyl groups excluding tert-OH is 1. The van der Waals surface area contributed by atoms with Crippen LogP contribution in [0.3, 0.4) is 0 Å². The minimum Gasteiger partial charge on any atom is -0.392 e. The summed E-state index contributed by atoms with van der Waals surface area (Å²) in [6.07, 6.45) is 4.74. The van der Waals surface area contributed by atoms with Gasteiger partial charge in [-0.05, 0) is 18.1 Å². The first-order valence-electron chi connectivity index (χ1n) is 5.91. The average molecular weight is 269 g/mol. The fourth-order valence-corrected chi connectivity index (χ4v) is 2.16. The molecular weight excluding hydrogens is 252 g/mol. The highest BCUT2D eigenvalue weighted by Gasteiger charge is 2.14. The molecule has 0 radical (unpaired) electrons. The molecule has 2 rings (SSSR count). The largest absolute Gasteiger partial charge is 0.392 e. The van der Waals surface area contributed by atoms with Gasteiger partial charge in [-0.3, -0.25) is 0 Å². The molecule has 0 saturated heterocycles. The minimum absolute atomic E-state index is 0.0625. The SMILES string of the molecule is COCC1=CCN(c2cc(CO)c(Cl)cn2)CC1. The zero-order chi connectivity index (χ0) is 13.0. The molecule has 0 spiro atoms. The number of ether oxygens (including phenoxy) is 1. The van der Waals surface area contributed by atoms with Crippen LogP contribution >= 0.6 is 11.6 Å². The molecule has 1 aromatic heterocycles. The van der Waals surface area contributed by atoms with Crippen LogP contribution in [0.15, 0.2) is 23.9 Å². The third kappa shape index (κ3) is 3.02. The van der Waals surface area contributed by atoms with E-state index >= 15 is 0 Å². The predicted molar refractivity (Wildman–Crippen MR) is 72.0 cm³/mol. The molecule has 0 atom stereocenters. The smallest absolute Gasteiger partial charge is 0.129 e. The van der Waals surface area contributed by atoms with Crippen molar-refractivity contribution < 1.29 is 9.84 Å². The van der Waals surface area contributed by atoms with E-state index in [1.54, 1.807) is 13.3 Å². The fraction of sp³-hybridized carbons (Fsp3) is 0.462. The first-order valence-corrected chi connectivity index (χ1v) is 6.29. The zero-order valence-electron chi connectivity index (χ0n) is 10.4. The van der Waals surface area contributed by atoms with Gasteiger partial charge in [0.2, 0.25) is 0 Å². The van der Waals surface area contributed by atoms with Crippen molar-refractivity contribution in [3.8, 4) is 0 Å². The number of aliphatic hydroxyl groups is 1. The summed E-state index contributed by atoms with van der Waals surface area (Å²) in [7, 11) is 1.71. The Morgan fingerprint density at radius 3 is 3.00 bits per heavy atom. The van der Waals surface area contributed by atoms with Crippen molar-refractivity contribution in [2.24, 2.45) is 0 Å². The molecule has 1 aliphatic rings. The molecule has 18 heavy (non-hydrogen) atoms. The van der Waals surface area contributed by atoms with E-state index in [4.69, 9.17) is 16.3 Å². The van der Waals surface area contributed by atoms with Crippen molar-refractivity contribution in [1.82, 2.24) is 4.98 Å². The monoisotopic (exact) mass is 268 g/mol. The summed E-state index contributed by atoms with van der Waals surface area (Å²) in [5.74, 6) is 0.858. The van der Waals surface area contributed by atoms with Crippen molar-refractivity contribution in [1.29, 1.82) is 0 Å². The van der Waals surface area contributed by atoms with E-state index in [-0.39, 0.29) is 6.61 Å². The van der Waals surface area contributed by atoms with E-state index in [2.05, 4.69) is 16.0 Å². The highest BCUT2D eigenvalue weighted by molar-refractivity contribution is 6.31. The van der Waals surface area contributed by atoms with Crippen LogP contribution in [0.25, 0.3) is 0 Å². The van der Waals surface area contributed by atoms with E-state index in [1.165, 1.54) is 5.57 Å². The van der Waals surface area contributed by atoms with Gasteiger partial charge < -0.3 is 14.7 Å². The van der Waals surface area contributed by atoms with Gasteiger partial charge in [-0.25, -0.2) is 4.98 Å². The Labute approximate surface area is 112 Å². The fourth-order valence-electron chi connectivity index (χ4n) is 2.00. The van der Waals surface area contributed by atoms with Gasteiger partial charge in [-0.15, -0.1) is 0 Å². The summed E-state index contributed by atoms with van der Waals surface area (Å²) in [5.41, 5.74) is 2.04. The lowest BCUT2D eigenvalue weighted by molar-refractivity contribution is 0.222. The Kier molecular flexibility index (Phi) is 4.58. The molecule has 98 valence electrons. The molecule has 4 nitrogen and oxygen atoms in total. The first-order chi connectivity index (χ1) is 8.74. The van der Waals surface area contributed by atoms with Gasteiger partial charge in [0.1, 0.15) is 5.82 Å². The zero-order valence-corrected chi connectivity index (χ0v) is 11.2. The highest BCUT2D eigenvalue weighted by atomic mass is 35.5. The van der Waals surface area contributed by atoms with Crippen LogP contribution in [0.5, 0.6) is 0 Å². The lowest BCUT2D eigenvalue weighted by atomic mass is 10.1. The van der Waals surface area contributed by atoms with E-state index < -0.39 is 0 Å². The van der Waals surface area contributed by atoms with Crippen LogP contribution in [0.4, 0.5) is 5.82 Å².